The number of ketones is 1. The first-order valence-corrected chi connectivity index (χ1v) is 5.40. The lowest BCUT2D eigenvalue weighted by Gasteiger charge is -2.02. The SMILES string of the molecule is COC(=O)CC(=O)c1ccc(C2CC2)cc1. The molecule has 84 valence electrons. The van der Waals surface area contributed by atoms with Crippen LogP contribution in [0.4, 0.5) is 0 Å². The van der Waals surface area contributed by atoms with Gasteiger partial charge in [-0.3, -0.25) is 9.59 Å². The molecule has 0 radical (unpaired) electrons. The first-order chi connectivity index (χ1) is 7.70. The van der Waals surface area contributed by atoms with Gasteiger partial charge in [0.1, 0.15) is 6.42 Å². The van der Waals surface area contributed by atoms with Crippen LogP contribution in [-0.2, 0) is 9.53 Å². The van der Waals surface area contributed by atoms with Gasteiger partial charge in [0.05, 0.1) is 7.11 Å². The van der Waals surface area contributed by atoms with Gasteiger partial charge in [-0.15, -0.1) is 0 Å². The second kappa shape index (κ2) is 4.47. The zero-order chi connectivity index (χ0) is 11.5. The molecule has 1 saturated carbocycles. The summed E-state index contributed by atoms with van der Waals surface area (Å²) in [5, 5.41) is 0. The van der Waals surface area contributed by atoms with E-state index in [1.54, 1.807) is 12.1 Å². The largest absolute Gasteiger partial charge is 0.469 e. The van der Waals surface area contributed by atoms with Gasteiger partial charge < -0.3 is 4.74 Å². The van der Waals surface area contributed by atoms with Gasteiger partial charge in [0, 0.05) is 5.56 Å². The van der Waals surface area contributed by atoms with Crippen LogP contribution in [0, 0.1) is 0 Å². The number of rotatable bonds is 4. The van der Waals surface area contributed by atoms with Crippen LogP contribution in [0.3, 0.4) is 0 Å². The maximum atomic E-state index is 11.6. The Balaban J connectivity index is 2.02. The molecule has 3 heteroatoms. The number of carbonyl (C=O) groups is 2. The Hall–Kier alpha value is -1.64. The second-order valence-corrected chi connectivity index (χ2v) is 4.07. The summed E-state index contributed by atoms with van der Waals surface area (Å²) in [6.45, 7) is 0. The lowest BCUT2D eigenvalue weighted by atomic mass is 10.0. The van der Waals surface area contributed by atoms with Gasteiger partial charge in [-0.2, -0.15) is 0 Å². The van der Waals surface area contributed by atoms with Crippen LogP contribution < -0.4 is 0 Å². The van der Waals surface area contributed by atoms with Crippen molar-refractivity contribution in [1.29, 1.82) is 0 Å². The molecule has 1 aromatic carbocycles. The van der Waals surface area contributed by atoms with Crippen LogP contribution >= 0.6 is 0 Å². The Morgan fingerprint density at radius 2 is 1.88 bits per heavy atom. The van der Waals surface area contributed by atoms with E-state index >= 15 is 0 Å². The van der Waals surface area contributed by atoms with Crippen molar-refractivity contribution in [2.24, 2.45) is 0 Å². The van der Waals surface area contributed by atoms with E-state index in [9.17, 15) is 9.59 Å². The number of esters is 1. The summed E-state index contributed by atoms with van der Waals surface area (Å²) in [7, 11) is 1.28. The first kappa shape index (κ1) is 10.9. The molecule has 0 aromatic heterocycles. The quantitative estimate of drug-likeness (QED) is 0.442. The van der Waals surface area contributed by atoms with E-state index in [4.69, 9.17) is 0 Å². The third-order valence-electron chi connectivity index (χ3n) is 2.81. The van der Waals surface area contributed by atoms with Crippen molar-refractivity contribution in [3.8, 4) is 0 Å². The predicted octanol–water partition coefficient (Wildman–Crippen LogP) is 2.31. The zero-order valence-corrected chi connectivity index (χ0v) is 9.23. The van der Waals surface area contributed by atoms with Crippen LogP contribution in [0.2, 0.25) is 0 Å². The van der Waals surface area contributed by atoms with E-state index in [-0.39, 0.29) is 12.2 Å². The van der Waals surface area contributed by atoms with Crippen molar-refractivity contribution in [2.75, 3.05) is 7.11 Å². The Bertz CT molecular complexity index is 402. The van der Waals surface area contributed by atoms with E-state index in [1.807, 2.05) is 12.1 Å². The topological polar surface area (TPSA) is 43.4 Å². The fraction of sp³-hybridized carbons (Fsp3) is 0.385. The number of hydrogen-bond acceptors (Lipinski definition) is 3. The summed E-state index contributed by atoms with van der Waals surface area (Å²) in [6.07, 6.45) is 2.31. The zero-order valence-electron chi connectivity index (χ0n) is 9.23. The minimum Gasteiger partial charge on any atom is -0.469 e. The number of hydrogen-bond donors (Lipinski definition) is 0. The highest BCUT2D eigenvalue weighted by molar-refractivity contribution is 6.05. The van der Waals surface area contributed by atoms with Gasteiger partial charge in [0.2, 0.25) is 0 Å². The normalized spacial score (nSPS) is 14.6. The predicted molar refractivity (Wildman–Crippen MR) is 59.4 cm³/mol. The highest BCUT2D eigenvalue weighted by atomic mass is 16.5. The third kappa shape index (κ3) is 2.48. The molecule has 0 amide bonds. The van der Waals surface area contributed by atoms with Gasteiger partial charge in [0.25, 0.3) is 0 Å². The molecular formula is C13H14O3. The molecule has 0 N–H and O–H groups in total. The van der Waals surface area contributed by atoms with Gasteiger partial charge in [0.15, 0.2) is 5.78 Å². The van der Waals surface area contributed by atoms with E-state index in [0.717, 1.165) is 0 Å². The highest BCUT2D eigenvalue weighted by Gasteiger charge is 2.23. The summed E-state index contributed by atoms with van der Waals surface area (Å²) in [6, 6.07) is 7.53. The number of Topliss-reactive ketones (excluding diaryl/α,β-unsaturated/α-hetero) is 1. The van der Waals surface area contributed by atoms with E-state index in [0.29, 0.717) is 11.5 Å². The number of ether oxygens (including phenoxy) is 1. The highest BCUT2D eigenvalue weighted by Crippen LogP contribution is 2.39. The molecule has 0 spiro atoms. The minimum absolute atomic E-state index is 0.181. The van der Waals surface area contributed by atoms with Crippen molar-refractivity contribution in [2.45, 2.75) is 25.2 Å². The molecule has 1 aliphatic rings. The fourth-order valence-corrected chi connectivity index (χ4v) is 1.66. The fourth-order valence-electron chi connectivity index (χ4n) is 1.66. The van der Waals surface area contributed by atoms with Crippen molar-refractivity contribution in [3.05, 3.63) is 35.4 Å². The van der Waals surface area contributed by atoms with Crippen LogP contribution in [0.15, 0.2) is 24.3 Å². The van der Waals surface area contributed by atoms with Crippen molar-refractivity contribution in [1.82, 2.24) is 0 Å². The maximum Gasteiger partial charge on any atom is 0.313 e. The average molecular weight is 218 g/mol. The summed E-state index contributed by atoms with van der Waals surface area (Å²) >= 11 is 0. The smallest absolute Gasteiger partial charge is 0.313 e. The van der Waals surface area contributed by atoms with Crippen molar-refractivity contribution in [3.63, 3.8) is 0 Å². The molecule has 1 aromatic rings. The minimum atomic E-state index is -0.490. The van der Waals surface area contributed by atoms with Gasteiger partial charge in [-0.1, -0.05) is 24.3 Å². The summed E-state index contributed by atoms with van der Waals surface area (Å²) < 4.78 is 4.45. The second-order valence-electron chi connectivity index (χ2n) is 4.07. The average Bonchev–Trinajstić information content (AvgIpc) is 3.13. The van der Waals surface area contributed by atoms with Crippen LogP contribution in [0.1, 0.15) is 41.1 Å². The standard InChI is InChI=1S/C13H14O3/c1-16-13(15)8-12(14)11-6-4-10(5-7-11)9-2-3-9/h4-7,9H,2-3,8H2,1H3. The molecule has 0 saturated heterocycles. The molecule has 1 fully saturated rings. The molecule has 0 bridgehead atoms. The van der Waals surface area contributed by atoms with Crippen molar-refractivity contribution < 1.29 is 14.3 Å². The molecule has 3 nitrogen and oxygen atoms in total. The van der Waals surface area contributed by atoms with Gasteiger partial charge in [-0.05, 0) is 24.3 Å². The Kier molecular flexibility index (Phi) is 3.04. The van der Waals surface area contributed by atoms with Crippen molar-refractivity contribution >= 4 is 11.8 Å². The molecule has 0 heterocycles. The van der Waals surface area contributed by atoms with E-state index < -0.39 is 5.97 Å². The summed E-state index contributed by atoms with van der Waals surface area (Å²) in [4.78, 5) is 22.5. The lowest BCUT2D eigenvalue weighted by Crippen LogP contribution is -2.09. The Morgan fingerprint density at radius 3 is 2.38 bits per heavy atom. The van der Waals surface area contributed by atoms with Crippen LogP contribution in [0.25, 0.3) is 0 Å². The molecule has 16 heavy (non-hydrogen) atoms. The molecule has 0 unspecified atom stereocenters. The van der Waals surface area contributed by atoms with Gasteiger partial charge >= 0.3 is 5.97 Å². The lowest BCUT2D eigenvalue weighted by molar-refractivity contribution is -0.139. The summed E-state index contributed by atoms with van der Waals surface area (Å²) in [5.74, 6) is 0.00947. The first-order valence-electron chi connectivity index (χ1n) is 5.40. The molecule has 2 rings (SSSR count). The Labute approximate surface area is 94.4 Å². The van der Waals surface area contributed by atoms with Crippen LogP contribution in [0.5, 0.6) is 0 Å². The molecule has 1 aliphatic carbocycles. The monoisotopic (exact) mass is 218 g/mol. The number of benzene rings is 1. The third-order valence-corrected chi connectivity index (χ3v) is 2.81. The van der Waals surface area contributed by atoms with Gasteiger partial charge in [-0.25, -0.2) is 0 Å². The Morgan fingerprint density at radius 1 is 1.25 bits per heavy atom. The van der Waals surface area contributed by atoms with E-state index in [2.05, 4.69) is 4.74 Å². The van der Waals surface area contributed by atoms with E-state index in [1.165, 1.54) is 25.5 Å². The van der Waals surface area contributed by atoms with Crippen LogP contribution in [-0.4, -0.2) is 18.9 Å². The molecule has 0 atom stereocenters. The molecule has 0 aliphatic heterocycles. The maximum absolute atomic E-state index is 11.6. The molecular weight excluding hydrogens is 204 g/mol. The number of methoxy groups -OCH3 is 1. The summed E-state index contributed by atoms with van der Waals surface area (Å²) in [5.41, 5.74) is 1.87. The number of carbonyl (C=O) groups excluding carboxylic acids is 2.